The lowest BCUT2D eigenvalue weighted by molar-refractivity contribution is -0.958. The molecule has 0 amide bonds. The predicted molar refractivity (Wildman–Crippen MR) is 108 cm³/mol. The van der Waals surface area contributed by atoms with Crippen molar-refractivity contribution in [2.45, 2.75) is 57.2 Å². The molecule has 0 bridgehead atoms. The topological polar surface area (TPSA) is 43.1 Å². The fourth-order valence-corrected chi connectivity index (χ4v) is 5.59. The zero-order valence-corrected chi connectivity index (χ0v) is 16.6. The van der Waals surface area contributed by atoms with Crippen LogP contribution in [0.2, 0.25) is 0 Å². The van der Waals surface area contributed by atoms with Crippen molar-refractivity contribution in [2.75, 3.05) is 13.3 Å². The highest BCUT2D eigenvalue weighted by atomic mass is 16.7. The minimum Gasteiger partial charge on any atom is -0.454 e. The Labute approximate surface area is 167 Å². The number of piperidine rings is 1. The second-order valence-corrected chi connectivity index (χ2v) is 8.87. The van der Waals surface area contributed by atoms with E-state index < -0.39 is 5.60 Å². The third-order valence-corrected chi connectivity index (χ3v) is 7.09. The molecule has 4 nitrogen and oxygen atoms in total. The molecule has 1 saturated heterocycles. The van der Waals surface area contributed by atoms with Crippen LogP contribution < -0.4 is 14.4 Å². The van der Waals surface area contributed by atoms with Crippen molar-refractivity contribution < 1.29 is 19.5 Å². The van der Waals surface area contributed by atoms with Crippen LogP contribution in [-0.2, 0) is 6.54 Å². The molecule has 2 N–H and O–H groups in total. The minimum absolute atomic E-state index is 0.287. The van der Waals surface area contributed by atoms with Gasteiger partial charge in [0.25, 0.3) is 0 Å². The summed E-state index contributed by atoms with van der Waals surface area (Å²) >= 11 is 0. The molecule has 2 fully saturated rings. The van der Waals surface area contributed by atoms with Crippen LogP contribution in [0.5, 0.6) is 11.5 Å². The first-order valence-corrected chi connectivity index (χ1v) is 10.6. The average molecular weight is 381 g/mol. The van der Waals surface area contributed by atoms with Gasteiger partial charge >= 0.3 is 0 Å². The summed E-state index contributed by atoms with van der Waals surface area (Å²) in [5.41, 5.74) is 3.42. The lowest BCUT2D eigenvalue weighted by atomic mass is 9.66. The fraction of sp³-hybridized carbons (Fsp3) is 0.500. The minimum atomic E-state index is -0.518. The van der Waals surface area contributed by atoms with Gasteiger partial charge in [0.1, 0.15) is 12.6 Å². The Morgan fingerprint density at radius 2 is 1.86 bits per heavy atom. The van der Waals surface area contributed by atoms with Crippen molar-refractivity contribution in [3.63, 3.8) is 0 Å². The van der Waals surface area contributed by atoms with E-state index in [0.29, 0.717) is 12.7 Å². The summed E-state index contributed by atoms with van der Waals surface area (Å²) in [6.07, 6.45) is 5.31. The van der Waals surface area contributed by atoms with Crippen molar-refractivity contribution in [1.29, 1.82) is 0 Å². The van der Waals surface area contributed by atoms with Gasteiger partial charge in [0.2, 0.25) is 6.79 Å². The van der Waals surface area contributed by atoms with Crippen molar-refractivity contribution in [2.24, 2.45) is 5.92 Å². The zero-order chi connectivity index (χ0) is 19.1. The summed E-state index contributed by atoms with van der Waals surface area (Å²) in [4.78, 5) is 1.55. The number of aryl methyl sites for hydroxylation is 1. The van der Waals surface area contributed by atoms with Crippen LogP contribution in [0.25, 0.3) is 0 Å². The maximum absolute atomic E-state index is 11.5. The van der Waals surface area contributed by atoms with Gasteiger partial charge in [0, 0.05) is 23.5 Å². The van der Waals surface area contributed by atoms with Gasteiger partial charge in [-0.25, -0.2) is 0 Å². The highest BCUT2D eigenvalue weighted by Gasteiger charge is 2.51. The number of benzene rings is 2. The SMILES string of the molecule is Cc1ccc(C[NH+]2CC[C@]3(O)CCCC[C@@H]3[C@H]2c2ccc3c(c2)OCO3)cc1. The molecule has 1 aliphatic carbocycles. The highest BCUT2D eigenvalue weighted by Crippen LogP contribution is 2.45. The number of fused-ring (bicyclic) bond motifs is 2. The van der Waals surface area contributed by atoms with E-state index in [1.54, 1.807) is 4.90 Å². The Balaban J connectivity index is 1.50. The summed E-state index contributed by atoms with van der Waals surface area (Å²) in [5, 5.41) is 11.5. The molecule has 1 saturated carbocycles. The molecule has 0 radical (unpaired) electrons. The number of quaternary nitrogens is 1. The number of aliphatic hydroxyl groups is 1. The average Bonchev–Trinajstić information content (AvgIpc) is 3.17. The smallest absolute Gasteiger partial charge is 0.231 e. The van der Waals surface area contributed by atoms with Crippen molar-refractivity contribution in [3.05, 3.63) is 59.2 Å². The number of rotatable bonds is 3. The molecule has 4 atom stereocenters. The molecule has 0 aromatic heterocycles. The lowest BCUT2D eigenvalue weighted by Crippen LogP contribution is -3.13. The van der Waals surface area contributed by atoms with Crippen molar-refractivity contribution in [3.8, 4) is 11.5 Å². The predicted octanol–water partition coefficient (Wildman–Crippen LogP) is 3.17. The van der Waals surface area contributed by atoms with E-state index in [0.717, 1.165) is 50.3 Å². The molecule has 2 aliphatic heterocycles. The van der Waals surface area contributed by atoms with Crippen LogP contribution in [0.3, 0.4) is 0 Å². The first kappa shape index (κ1) is 18.0. The summed E-state index contributed by atoms with van der Waals surface area (Å²) in [6, 6.07) is 15.6. The van der Waals surface area contributed by atoms with Gasteiger partial charge < -0.3 is 19.5 Å². The van der Waals surface area contributed by atoms with Crippen molar-refractivity contribution in [1.82, 2.24) is 0 Å². The first-order chi connectivity index (χ1) is 13.6. The number of ether oxygens (including phenoxy) is 2. The highest BCUT2D eigenvalue weighted by molar-refractivity contribution is 5.45. The quantitative estimate of drug-likeness (QED) is 0.860. The molecular weight excluding hydrogens is 350 g/mol. The van der Waals surface area contributed by atoms with E-state index in [1.165, 1.54) is 23.1 Å². The Kier molecular flexibility index (Phi) is 4.56. The molecule has 2 aromatic carbocycles. The van der Waals surface area contributed by atoms with E-state index in [-0.39, 0.29) is 6.04 Å². The van der Waals surface area contributed by atoms with Gasteiger partial charge in [-0.1, -0.05) is 42.7 Å². The van der Waals surface area contributed by atoms with Gasteiger partial charge in [0.15, 0.2) is 11.5 Å². The second-order valence-electron chi connectivity index (χ2n) is 8.87. The normalized spacial score (nSPS) is 31.4. The molecule has 1 unspecified atom stereocenters. The Morgan fingerprint density at radius 3 is 2.71 bits per heavy atom. The largest absolute Gasteiger partial charge is 0.454 e. The van der Waals surface area contributed by atoms with Gasteiger partial charge in [-0.2, -0.15) is 0 Å². The zero-order valence-electron chi connectivity index (χ0n) is 16.6. The Bertz CT molecular complexity index is 849. The molecule has 3 aliphatic rings. The second kappa shape index (κ2) is 7.09. The molecule has 2 heterocycles. The Hall–Kier alpha value is -2.04. The van der Waals surface area contributed by atoms with Crippen LogP contribution in [0.4, 0.5) is 0 Å². The fourth-order valence-electron chi connectivity index (χ4n) is 5.59. The number of likely N-dealkylation sites (tertiary alicyclic amines) is 1. The molecule has 4 heteroatoms. The van der Waals surface area contributed by atoms with Gasteiger partial charge in [-0.3, -0.25) is 0 Å². The molecule has 5 rings (SSSR count). The summed E-state index contributed by atoms with van der Waals surface area (Å²) < 4.78 is 11.2. The Morgan fingerprint density at radius 1 is 1.04 bits per heavy atom. The number of hydrogen-bond acceptors (Lipinski definition) is 3. The summed E-state index contributed by atoms with van der Waals surface area (Å²) in [7, 11) is 0. The third kappa shape index (κ3) is 3.19. The lowest BCUT2D eigenvalue weighted by Gasteiger charge is -2.50. The molecular formula is C24H30NO3+. The van der Waals surface area contributed by atoms with Crippen LogP contribution in [0, 0.1) is 12.8 Å². The standard InChI is InChI=1S/C24H29NO3/c1-17-5-7-18(8-6-17)15-25-13-12-24(26)11-3-2-4-20(24)23(25)19-9-10-21-22(14-19)28-16-27-21/h5-10,14,20,23,26H,2-4,11-13,15-16H2,1H3/p+1/t20-,23-,24-/m1/s1. The molecule has 2 aromatic rings. The van der Waals surface area contributed by atoms with Crippen molar-refractivity contribution >= 4 is 0 Å². The van der Waals surface area contributed by atoms with Crippen LogP contribution in [-0.4, -0.2) is 24.0 Å². The number of hydrogen-bond donors (Lipinski definition) is 2. The summed E-state index contributed by atoms with van der Waals surface area (Å²) in [5.74, 6) is 1.98. The summed E-state index contributed by atoms with van der Waals surface area (Å²) in [6.45, 7) is 4.43. The van der Waals surface area contributed by atoms with Crippen LogP contribution in [0.1, 0.15) is 54.8 Å². The van der Waals surface area contributed by atoms with Gasteiger partial charge in [0.05, 0.1) is 12.1 Å². The van der Waals surface area contributed by atoms with Gasteiger partial charge in [-0.05, 0) is 38.0 Å². The van der Waals surface area contributed by atoms with E-state index in [9.17, 15) is 5.11 Å². The van der Waals surface area contributed by atoms with E-state index in [4.69, 9.17) is 9.47 Å². The maximum Gasteiger partial charge on any atom is 0.231 e. The van der Waals surface area contributed by atoms with E-state index in [2.05, 4.69) is 43.3 Å². The van der Waals surface area contributed by atoms with Crippen LogP contribution >= 0.6 is 0 Å². The first-order valence-electron chi connectivity index (χ1n) is 10.6. The van der Waals surface area contributed by atoms with Crippen LogP contribution in [0.15, 0.2) is 42.5 Å². The maximum atomic E-state index is 11.5. The molecule has 0 spiro atoms. The number of nitrogens with one attached hydrogen (secondary N) is 1. The van der Waals surface area contributed by atoms with E-state index in [1.807, 2.05) is 6.07 Å². The molecule has 28 heavy (non-hydrogen) atoms. The third-order valence-electron chi connectivity index (χ3n) is 7.09. The monoisotopic (exact) mass is 380 g/mol. The molecule has 148 valence electrons. The van der Waals surface area contributed by atoms with Gasteiger partial charge in [-0.15, -0.1) is 0 Å². The van der Waals surface area contributed by atoms with E-state index >= 15 is 0 Å².